The molecule has 2 aromatic carbocycles. The maximum absolute atomic E-state index is 15.6. The Balaban J connectivity index is 0.000000441. The smallest absolute Gasteiger partial charge is 0.475 e. The summed E-state index contributed by atoms with van der Waals surface area (Å²) >= 11 is 0. The lowest BCUT2D eigenvalue weighted by Crippen LogP contribution is -2.30. The van der Waals surface area contributed by atoms with Gasteiger partial charge in [-0.1, -0.05) is 36.4 Å². The van der Waals surface area contributed by atoms with Crippen molar-refractivity contribution in [2.24, 2.45) is 10.7 Å². The molecule has 3 aliphatic rings. The van der Waals surface area contributed by atoms with Crippen molar-refractivity contribution in [2.45, 2.75) is 18.1 Å². The molecule has 0 aliphatic carbocycles. The lowest BCUT2D eigenvalue weighted by molar-refractivity contribution is -0.192. The summed E-state index contributed by atoms with van der Waals surface area (Å²) in [6.45, 7) is 0.946. The number of ether oxygens (including phenoxy) is 2. The summed E-state index contributed by atoms with van der Waals surface area (Å²) in [4.78, 5) is 21.9. The third-order valence-corrected chi connectivity index (χ3v) is 7.34. The van der Waals surface area contributed by atoms with E-state index >= 15 is 4.39 Å². The van der Waals surface area contributed by atoms with E-state index in [1.54, 1.807) is 30.3 Å². The fraction of sp³-hybridized carbons (Fsp3) is 0.161. The van der Waals surface area contributed by atoms with Gasteiger partial charge in [-0.3, -0.25) is 0 Å². The number of hydrogen-bond acceptors (Lipinski definition) is 7. The molecule has 13 heteroatoms. The first-order valence-electron chi connectivity index (χ1n) is 13.2. The molecule has 2 aromatic heterocycles. The Bertz CT molecular complexity index is 1870. The highest BCUT2D eigenvalue weighted by molar-refractivity contribution is 6.03. The monoisotopic (exact) mass is 608 g/mol. The van der Waals surface area contributed by atoms with Crippen molar-refractivity contribution in [3.63, 3.8) is 0 Å². The maximum Gasteiger partial charge on any atom is 0.490 e. The first kappa shape index (κ1) is 28.9. The molecule has 44 heavy (non-hydrogen) atoms. The molecule has 224 valence electrons. The van der Waals surface area contributed by atoms with Gasteiger partial charge in [-0.25, -0.2) is 19.8 Å². The van der Waals surface area contributed by atoms with Gasteiger partial charge in [0.25, 0.3) is 5.95 Å². The van der Waals surface area contributed by atoms with Gasteiger partial charge in [0.2, 0.25) is 5.95 Å². The molecule has 0 saturated heterocycles. The lowest BCUT2D eigenvalue weighted by Gasteiger charge is -2.36. The predicted octanol–water partition coefficient (Wildman–Crippen LogP) is 5.98. The van der Waals surface area contributed by atoms with E-state index in [1.165, 1.54) is 6.20 Å². The predicted molar refractivity (Wildman–Crippen MR) is 148 cm³/mol. The van der Waals surface area contributed by atoms with E-state index in [1.807, 2.05) is 36.4 Å². The minimum Gasteiger partial charge on any atom is -0.475 e. The number of rotatable bonds is 2. The van der Waals surface area contributed by atoms with E-state index in [0.29, 0.717) is 59.2 Å². The molecule has 0 fully saturated rings. The maximum atomic E-state index is 15.6. The summed E-state index contributed by atoms with van der Waals surface area (Å²) in [5.41, 5.74) is 10.0. The van der Waals surface area contributed by atoms with Crippen LogP contribution in [0.4, 0.5) is 22.0 Å². The number of aliphatic imine (C=N–C) groups is 1. The van der Waals surface area contributed by atoms with E-state index in [4.69, 9.17) is 30.1 Å². The van der Waals surface area contributed by atoms with Gasteiger partial charge in [0.15, 0.2) is 5.75 Å². The van der Waals surface area contributed by atoms with Crippen LogP contribution in [0.3, 0.4) is 0 Å². The second-order valence-corrected chi connectivity index (χ2v) is 9.96. The number of nitrogens with zero attached hydrogens (tertiary/aromatic N) is 3. The molecule has 0 amide bonds. The Hall–Kier alpha value is -5.17. The van der Waals surface area contributed by atoms with E-state index in [0.717, 1.165) is 16.7 Å². The normalized spacial score (nSPS) is 18.1. The number of benzene rings is 2. The van der Waals surface area contributed by atoms with Gasteiger partial charge in [-0.05, 0) is 53.5 Å². The van der Waals surface area contributed by atoms with Crippen LogP contribution in [0.15, 0.2) is 77.9 Å². The second-order valence-electron chi connectivity index (χ2n) is 9.96. The number of carbonyl (C=O) groups is 1. The number of pyridine rings is 2. The van der Waals surface area contributed by atoms with E-state index in [2.05, 4.69) is 9.97 Å². The first-order valence-corrected chi connectivity index (χ1v) is 13.2. The number of nitrogens with two attached hydrogens (primary N) is 1. The quantitative estimate of drug-likeness (QED) is 0.212. The Kier molecular flexibility index (Phi) is 7.12. The number of carboxylic acids is 1. The molecule has 3 aliphatic heterocycles. The molecule has 3 N–H and O–H groups in total. The molecule has 1 unspecified atom stereocenters. The molecule has 0 bridgehead atoms. The summed E-state index contributed by atoms with van der Waals surface area (Å²) < 4.78 is 73.7. The van der Waals surface area contributed by atoms with Crippen LogP contribution in [0.1, 0.15) is 34.4 Å². The van der Waals surface area contributed by atoms with E-state index < -0.39 is 29.6 Å². The number of aliphatic carboxylic acids is 1. The number of carboxylic acid groups (broad SMARTS) is 1. The van der Waals surface area contributed by atoms with Crippen LogP contribution < -0.4 is 10.5 Å². The molecule has 4 aromatic rings. The Morgan fingerprint density at radius 3 is 2.41 bits per heavy atom. The third kappa shape index (κ3) is 4.84. The molecule has 1 atom stereocenters. The number of fused-ring (bicyclic) bond motifs is 6. The summed E-state index contributed by atoms with van der Waals surface area (Å²) in [7, 11) is 0. The van der Waals surface area contributed by atoms with Gasteiger partial charge < -0.3 is 20.3 Å². The summed E-state index contributed by atoms with van der Waals surface area (Å²) in [5, 5.41) is 7.12. The Morgan fingerprint density at radius 1 is 0.955 bits per heavy atom. The zero-order valence-electron chi connectivity index (χ0n) is 22.5. The minimum atomic E-state index is -5.08. The average Bonchev–Trinajstić information content (AvgIpc) is 3.31. The summed E-state index contributed by atoms with van der Waals surface area (Å²) in [6, 6.07) is 18.0. The largest absolute Gasteiger partial charge is 0.490 e. The van der Waals surface area contributed by atoms with E-state index in [9.17, 15) is 17.6 Å². The van der Waals surface area contributed by atoms with Gasteiger partial charge in [0.1, 0.15) is 17.1 Å². The first-order chi connectivity index (χ1) is 21.0. The van der Waals surface area contributed by atoms with Gasteiger partial charge in [0.05, 0.1) is 18.9 Å². The highest BCUT2D eigenvalue weighted by atomic mass is 19.4. The molecular weight excluding hydrogens is 587 g/mol. The number of halogens is 5. The summed E-state index contributed by atoms with van der Waals surface area (Å²) in [5.74, 6) is -3.39. The summed E-state index contributed by atoms with van der Waals surface area (Å²) in [6.07, 6.45) is -0.961. The minimum absolute atomic E-state index is 0.0119. The third-order valence-electron chi connectivity index (χ3n) is 7.34. The van der Waals surface area contributed by atoms with Crippen molar-refractivity contribution in [1.29, 1.82) is 0 Å². The van der Waals surface area contributed by atoms with Crippen molar-refractivity contribution in [3.05, 3.63) is 113 Å². The lowest BCUT2D eigenvalue weighted by atomic mass is 9.74. The number of aromatic nitrogens is 2. The zero-order valence-corrected chi connectivity index (χ0v) is 22.5. The van der Waals surface area contributed by atoms with Gasteiger partial charge >= 0.3 is 12.1 Å². The topological polar surface area (TPSA) is 120 Å². The van der Waals surface area contributed by atoms with Crippen LogP contribution in [0, 0.1) is 11.9 Å². The van der Waals surface area contributed by atoms with Crippen LogP contribution in [-0.4, -0.2) is 46.3 Å². The average molecular weight is 609 g/mol. The van der Waals surface area contributed by atoms with Crippen molar-refractivity contribution in [3.8, 4) is 22.6 Å². The van der Waals surface area contributed by atoms with Crippen molar-refractivity contribution < 1.29 is 41.3 Å². The molecule has 8 nitrogen and oxygen atoms in total. The SMILES string of the molecule is NC1=NC2(c3cc(-c4cccnc4F)ccc3Oc3c2cc(C2=CCCOC2)nc3F)c2ccccc21.O=C(O)C(F)(F)F. The van der Waals surface area contributed by atoms with Crippen LogP contribution in [0.5, 0.6) is 11.5 Å². The standard InChI is InChI=1S/C29H20F2N4O2.C2HF3O2/c30-26-18(7-3-11-33-26)16-9-10-24-21(13-16)29(20-8-2-1-6-19(20)28(32)35-29)22-14-23(17-5-4-12-36-15-17)34-27(31)25(22)37-24;3-2(4,5)1(6)7/h1-3,5-11,13-14H,4,12,15H2,(H2,32,35);(H,6,7). The molecule has 5 heterocycles. The van der Waals surface area contributed by atoms with Crippen molar-refractivity contribution in [2.75, 3.05) is 13.2 Å². The van der Waals surface area contributed by atoms with Crippen LogP contribution >= 0.6 is 0 Å². The fourth-order valence-corrected chi connectivity index (χ4v) is 5.43. The molecule has 0 saturated carbocycles. The van der Waals surface area contributed by atoms with E-state index in [-0.39, 0.29) is 5.75 Å². The number of amidine groups is 1. The van der Waals surface area contributed by atoms with Gasteiger partial charge in [0, 0.05) is 28.5 Å². The fourth-order valence-electron chi connectivity index (χ4n) is 5.43. The molecule has 0 radical (unpaired) electrons. The zero-order chi connectivity index (χ0) is 31.2. The molecule has 1 spiro atoms. The molecule has 7 rings (SSSR count). The highest BCUT2D eigenvalue weighted by Gasteiger charge is 2.50. The van der Waals surface area contributed by atoms with Gasteiger partial charge in [-0.15, -0.1) is 0 Å². The second kappa shape index (κ2) is 10.8. The number of hydrogen-bond donors (Lipinski definition) is 2. The van der Waals surface area contributed by atoms with Crippen molar-refractivity contribution in [1.82, 2.24) is 9.97 Å². The van der Waals surface area contributed by atoms with Gasteiger partial charge in [-0.2, -0.15) is 22.0 Å². The van der Waals surface area contributed by atoms with Crippen LogP contribution in [0.25, 0.3) is 16.7 Å². The Morgan fingerprint density at radius 2 is 1.70 bits per heavy atom. The number of alkyl halides is 3. The highest BCUT2D eigenvalue weighted by Crippen LogP contribution is 2.56. The van der Waals surface area contributed by atoms with Crippen LogP contribution in [-0.2, 0) is 15.1 Å². The van der Waals surface area contributed by atoms with Crippen molar-refractivity contribution >= 4 is 17.4 Å². The van der Waals surface area contributed by atoms with Crippen LogP contribution in [0.2, 0.25) is 0 Å². The molecular formula is C31H21F5N4O4. The Labute approximate surface area is 246 Å².